The summed E-state index contributed by atoms with van der Waals surface area (Å²) in [5, 5.41) is 18.6. The number of hydrogen-bond donors (Lipinski definition) is 1. The van der Waals surface area contributed by atoms with Gasteiger partial charge in [0.15, 0.2) is 0 Å². The monoisotopic (exact) mass is 295 g/mol. The number of carboxylic acids is 1. The number of aromatic carboxylic acids is 1. The molecule has 2 heterocycles. The summed E-state index contributed by atoms with van der Waals surface area (Å²) in [5.74, 6) is -1.02. The van der Waals surface area contributed by atoms with Gasteiger partial charge in [-0.25, -0.2) is 9.78 Å². The largest absolute Gasteiger partial charge is 0.478 e. The molecule has 0 aliphatic carbocycles. The SMILES string of the molecule is Cc1nnc(Sc2ccc(Cl)cn2)c(C(=O)O)c1C. The van der Waals surface area contributed by atoms with Crippen LogP contribution in [0.5, 0.6) is 0 Å². The summed E-state index contributed by atoms with van der Waals surface area (Å²) in [4.78, 5) is 15.4. The van der Waals surface area contributed by atoms with Crippen LogP contribution < -0.4 is 0 Å². The summed E-state index contributed by atoms with van der Waals surface area (Å²) in [7, 11) is 0. The van der Waals surface area contributed by atoms with Crippen LogP contribution in [0, 0.1) is 13.8 Å². The summed E-state index contributed by atoms with van der Waals surface area (Å²) in [6.07, 6.45) is 1.50. The first-order valence-corrected chi connectivity index (χ1v) is 6.55. The summed E-state index contributed by atoms with van der Waals surface area (Å²) in [5.41, 5.74) is 1.37. The molecule has 0 aliphatic rings. The van der Waals surface area contributed by atoms with E-state index in [1.807, 2.05) is 0 Å². The van der Waals surface area contributed by atoms with Crippen LogP contribution >= 0.6 is 23.4 Å². The third kappa shape index (κ3) is 3.02. The summed E-state index contributed by atoms with van der Waals surface area (Å²) >= 11 is 6.90. The molecule has 5 nitrogen and oxygen atoms in total. The third-order valence-corrected chi connectivity index (χ3v) is 3.69. The summed E-state index contributed by atoms with van der Waals surface area (Å²) in [6, 6.07) is 3.39. The van der Waals surface area contributed by atoms with E-state index >= 15 is 0 Å². The molecule has 0 saturated heterocycles. The molecule has 1 N–H and O–H groups in total. The van der Waals surface area contributed by atoms with Crippen molar-refractivity contribution in [1.82, 2.24) is 15.2 Å². The first-order chi connectivity index (χ1) is 8.99. The van der Waals surface area contributed by atoms with Crippen molar-refractivity contribution in [3.63, 3.8) is 0 Å². The second-order valence-electron chi connectivity index (χ2n) is 3.81. The molecule has 2 aromatic heterocycles. The smallest absolute Gasteiger partial charge is 0.338 e. The van der Waals surface area contributed by atoms with Crippen molar-refractivity contribution >= 4 is 29.3 Å². The first kappa shape index (κ1) is 13.8. The number of aryl methyl sites for hydroxylation is 1. The standard InChI is InChI=1S/C12H10ClN3O2S/c1-6-7(2)15-16-11(10(6)12(17)18)19-9-4-3-8(13)5-14-9/h3-5H,1-2H3,(H,17,18). The van der Waals surface area contributed by atoms with E-state index < -0.39 is 5.97 Å². The van der Waals surface area contributed by atoms with E-state index in [1.165, 1.54) is 6.20 Å². The maximum atomic E-state index is 11.3. The lowest BCUT2D eigenvalue weighted by atomic mass is 10.1. The van der Waals surface area contributed by atoms with Gasteiger partial charge in [0, 0.05) is 6.20 Å². The van der Waals surface area contributed by atoms with E-state index in [4.69, 9.17) is 11.6 Å². The quantitative estimate of drug-likeness (QED) is 0.938. The predicted octanol–water partition coefficient (Wildman–Crippen LogP) is 2.99. The number of aromatic nitrogens is 3. The van der Waals surface area contributed by atoms with Crippen LogP contribution in [0.15, 0.2) is 28.4 Å². The Hall–Kier alpha value is -1.66. The van der Waals surface area contributed by atoms with Crippen molar-refractivity contribution in [2.75, 3.05) is 0 Å². The van der Waals surface area contributed by atoms with Gasteiger partial charge in [-0.1, -0.05) is 11.6 Å². The molecular formula is C12H10ClN3O2S. The number of carboxylic acid groups (broad SMARTS) is 1. The number of pyridine rings is 1. The zero-order chi connectivity index (χ0) is 14.0. The molecule has 19 heavy (non-hydrogen) atoms. The van der Waals surface area contributed by atoms with Gasteiger partial charge in [0.05, 0.1) is 16.3 Å². The Morgan fingerprint density at radius 2 is 2.05 bits per heavy atom. The second-order valence-corrected chi connectivity index (χ2v) is 5.26. The average Bonchev–Trinajstić information content (AvgIpc) is 2.36. The molecule has 0 amide bonds. The first-order valence-electron chi connectivity index (χ1n) is 5.35. The molecule has 0 atom stereocenters. The molecule has 0 aliphatic heterocycles. The minimum atomic E-state index is -1.02. The molecule has 0 fully saturated rings. The second kappa shape index (κ2) is 5.54. The van der Waals surface area contributed by atoms with Crippen LogP contribution in [0.25, 0.3) is 0 Å². The molecule has 0 bridgehead atoms. The van der Waals surface area contributed by atoms with Crippen molar-refractivity contribution in [1.29, 1.82) is 0 Å². The summed E-state index contributed by atoms with van der Waals surface area (Å²) < 4.78 is 0. The molecule has 2 aromatic rings. The number of hydrogen-bond acceptors (Lipinski definition) is 5. The molecule has 0 radical (unpaired) electrons. The van der Waals surface area contributed by atoms with Gasteiger partial charge in [0.1, 0.15) is 10.1 Å². The van der Waals surface area contributed by atoms with Crippen molar-refractivity contribution in [3.8, 4) is 0 Å². The fourth-order valence-corrected chi connectivity index (χ4v) is 2.41. The highest BCUT2D eigenvalue weighted by atomic mass is 35.5. The Labute approximate surface area is 119 Å². The highest BCUT2D eigenvalue weighted by molar-refractivity contribution is 7.99. The highest BCUT2D eigenvalue weighted by Gasteiger charge is 2.18. The lowest BCUT2D eigenvalue weighted by Gasteiger charge is -2.08. The third-order valence-electron chi connectivity index (χ3n) is 2.54. The molecule has 0 aromatic carbocycles. The van der Waals surface area contributed by atoms with Gasteiger partial charge in [-0.2, -0.15) is 5.10 Å². The minimum absolute atomic E-state index is 0.161. The van der Waals surface area contributed by atoms with Crippen molar-refractivity contribution in [2.45, 2.75) is 23.9 Å². The Morgan fingerprint density at radius 3 is 2.63 bits per heavy atom. The van der Waals surface area contributed by atoms with Crippen LogP contribution in [-0.2, 0) is 0 Å². The van der Waals surface area contributed by atoms with Crippen molar-refractivity contribution in [2.24, 2.45) is 0 Å². The zero-order valence-electron chi connectivity index (χ0n) is 10.2. The molecule has 98 valence electrons. The van der Waals surface area contributed by atoms with Gasteiger partial charge in [-0.3, -0.25) is 0 Å². The van der Waals surface area contributed by atoms with Gasteiger partial charge >= 0.3 is 5.97 Å². The van der Waals surface area contributed by atoms with Gasteiger partial charge in [0.25, 0.3) is 0 Å². The Balaban J connectivity index is 2.42. The van der Waals surface area contributed by atoms with E-state index in [2.05, 4.69) is 15.2 Å². The zero-order valence-corrected chi connectivity index (χ0v) is 11.8. The fraction of sp³-hybridized carbons (Fsp3) is 0.167. The van der Waals surface area contributed by atoms with Gasteiger partial charge in [-0.05, 0) is 43.3 Å². The van der Waals surface area contributed by atoms with E-state index in [0.717, 1.165) is 11.8 Å². The normalized spacial score (nSPS) is 10.5. The number of halogens is 1. The molecule has 0 spiro atoms. The summed E-state index contributed by atoms with van der Waals surface area (Å²) in [6.45, 7) is 3.44. The lowest BCUT2D eigenvalue weighted by molar-refractivity contribution is 0.0690. The predicted molar refractivity (Wildman–Crippen MR) is 71.8 cm³/mol. The maximum absolute atomic E-state index is 11.3. The number of rotatable bonds is 3. The molecular weight excluding hydrogens is 286 g/mol. The van der Waals surface area contributed by atoms with E-state index in [-0.39, 0.29) is 5.56 Å². The Morgan fingerprint density at radius 1 is 1.32 bits per heavy atom. The molecule has 2 rings (SSSR count). The van der Waals surface area contributed by atoms with Crippen LogP contribution in [-0.4, -0.2) is 26.3 Å². The van der Waals surface area contributed by atoms with Gasteiger partial charge in [-0.15, -0.1) is 5.10 Å². The minimum Gasteiger partial charge on any atom is -0.478 e. The molecule has 0 saturated carbocycles. The van der Waals surface area contributed by atoms with Crippen LogP contribution in [0.3, 0.4) is 0 Å². The lowest BCUT2D eigenvalue weighted by Crippen LogP contribution is -2.08. The van der Waals surface area contributed by atoms with Gasteiger partial charge < -0.3 is 5.11 Å². The topological polar surface area (TPSA) is 76.0 Å². The van der Waals surface area contributed by atoms with E-state index in [9.17, 15) is 9.90 Å². The fourth-order valence-electron chi connectivity index (χ4n) is 1.43. The van der Waals surface area contributed by atoms with Crippen molar-refractivity contribution in [3.05, 3.63) is 40.2 Å². The van der Waals surface area contributed by atoms with Gasteiger partial charge in [0.2, 0.25) is 0 Å². The molecule has 7 heteroatoms. The Bertz CT molecular complexity index is 632. The van der Waals surface area contributed by atoms with Crippen LogP contribution in [0.1, 0.15) is 21.6 Å². The van der Waals surface area contributed by atoms with Crippen LogP contribution in [0.4, 0.5) is 0 Å². The van der Waals surface area contributed by atoms with Crippen LogP contribution in [0.2, 0.25) is 5.02 Å². The Kier molecular flexibility index (Phi) is 4.01. The highest BCUT2D eigenvalue weighted by Crippen LogP contribution is 2.29. The van der Waals surface area contributed by atoms with Crippen molar-refractivity contribution < 1.29 is 9.90 Å². The number of nitrogens with zero attached hydrogens (tertiary/aromatic N) is 3. The molecule has 0 unspecified atom stereocenters. The van der Waals surface area contributed by atoms with E-state index in [0.29, 0.717) is 26.3 Å². The maximum Gasteiger partial charge on any atom is 0.338 e. The average molecular weight is 296 g/mol. The van der Waals surface area contributed by atoms with E-state index in [1.54, 1.807) is 26.0 Å². The number of carbonyl (C=O) groups is 1.